The van der Waals surface area contributed by atoms with Gasteiger partial charge in [0.15, 0.2) is 0 Å². The Morgan fingerprint density at radius 3 is 2.32 bits per heavy atom. The van der Waals surface area contributed by atoms with Gasteiger partial charge in [-0.3, -0.25) is 4.79 Å². The summed E-state index contributed by atoms with van der Waals surface area (Å²) in [6, 6.07) is 5.69. The maximum Gasteiger partial charge on any atom is 0.253 e. The number of imidazole rings is 1. The molecule has 0 spiro atoms. The lowest BCUT2D eigenvalue weighted by Crippen LogP contribution is -2.49. The topological polar surface area (TPSA) is 41.4 Å². The van der Waals surface area contributed by atoms with Crippen molar-refractivity contribution in [3.05, 3.63) is 48.0 Å². The number of aryl methyl sites for hydroxylation is 1. The van der Waals surface area contributed by atoms with Crippen molar-refractivity contribution < 1.29 is 9.18 Å². The van der Waals surface area contributed by atoms with Crippen LogP contribution in [0.5, 0.6) is 0 Å². The molecule has 118 valence electrons. The van der Waals surface area contributed by atoms with E-state index in [1.165, 1.54) is 24.3 Å². The van der Waals surface area contributed by atoms with Gasteiger partial charge >= 0.3 is 0 Å². The lowest BCUT2D eigenvalue weighted by Gasteiger charge is -2.35. The summed E-state index contributed by atoms with van der Waals surface area (Å²) in [4.78, 5) is 20.6. The summed E-state index contributed by atoms with van der Waals surface area (Å²) in [5.74, 6) is 0.546. The van der Waals surface area contributed by atoms with Gasteiger partial charge in [0.25, 0.3) is 5.91 Å². The van der Waals surface area contributed by atoms with Crippen LogP contribution in [0.15, 0.2) is 36.7 Å². The van der Waals surface area contributed by atoms with E-state index in [2.05, 4.69) is 9.88 Å². The normalized spacial score (nSPS) is 14.6. The number of amides is 1. The highest BCUT2D eigenvalue weighted by atomic mass is 35.5. The molecule has 0 saturated carbocycles. The maximum atomic E-state index is 12.9. The number of hydrogen-bond acceptors (Lipinski definition) is 3. The lowest BCUT2D eigenvalue weighted by atomic mass is 10.2. The van der Waals surface area contributed by atoms with Gasteiger partial charge in [-0.15, -0.1) is 12.4 Å². The minimum atomic E-state index is -0.328. The first-order valence-corrected chi connectivity index (χ1v) is 6.92. The van der Waals surface area contributed by atoms with Crippen molar-refractivity contribution in [2.24, 2.45) is 7.05 Å². The molecule has 0 atom stereocenters. The first kappa shape index (κ1) is 16.3. The van der Waals surface area contributed by atoms with Crippen molar-refractivity contribution in [2.75, 3.05) is 31.1 Å². The van der Waals surface area contributed by atoms with E-state index in [1.807, 2.05) is 17.8 Å². The molecule has 0 radical (unpaired) electrons. The van der Waals surface area contributed by atoms with Gasteiger partial charge in [0.2, 0.25) is 5.95 Å². The second kappa shape index (κ2) is 6.79. The molecule has 0 bridgehead atoms. The minimum Gasteiger partial charge on any atom is -0.339 e. The minimum absolute atomic E-state index is 0. The van der Waals surface area contributed by atoms with Crippen LogP contribution < -0.4 is 4.90 Å². The molecule has 5 nitrogen and oxygen atoms in total. The molecule has 1 aliphatic rings. The van der Waals surface area contributed by atoms with E-state index in [4.69, 9.17) is 0 Å². The molecule has 1 aromatic carbocycles. The van der Waals surface area contributed by atoms with Crippen LogP contribution in [-0.2, 0) is 7.05 Å². The number of halogens is 2. The fourth-order valence-electron chi connectivity index (χ4n) is 2.55. The van der Waals surface area contributed by atoms with E-state index in [0.29, 0.717) is 18.7 Å². The van der Waals surface area contributed by atoms with Gasteiger partial charge in [0.1, 0.15) is 5.82 Å². The Bertz CT molecular complexity index is 635. The number of nitrogens with zero attached hydrogens (tertiary/aromatic N) is 4. The third kappa shape index (κ3) is 3.22. The zero-order chi connectivity index (χ0) is 14.8. The molecule has 2 heterocycles. The van der Waals surface area contributed by atoms with Crippen LogP contribution in [0.25, 0.3) is 0 Å². The Kier molecular flexibility index (Phi) is 5.03. The first-order valence-electron chi connectivity index (χ1n) is 6.92. The molecule has 22 heavy (non-hydrogen) atoms. The zero-order valence-corrected chi connectivity index (χ0v) is 13.1. The van der Waals surface area contributed by atoms with Gasteiger partial charge in [-0.1, -0.05) is 0 Å². The average Bonchev–Trinajstić information content (AvgIpc) is 2.94. The van der Waals surface area contributed by atoms with E-state index in [1.54, 1.807) is 11.1 Å². The Morgan fingerprint density at radius 1 is 1.14 bits per heavy atom. The summed E-state index contributed by atoms with van der Waals surface area (Å²) in [6.07, 6.45) is 3.68. The second-order valence-electron chi connectivity index (χ2n) is 5.12. The quantitative estimate of drug-likeness (QED) is 0.848. The molecule has 0 unspecified atom stereocenters. The monoisotopic (exact) mass is 324 g/mol. The van der Waals surface area contributed by atoms with Crippen molar-refractivity contribution in [1.29, 1.82) is 0 Å². The van der Waals surface area contributed by atoms with Gasteiger partial charge in [-0.2, -0.15) is 0 Å². The van der Waals surface area contributed by atoms with Crippen LogP contribution in [0.4, 0.5) is 10.3 Å². The number of hydrogen-bond donors (Lipinski definition) is 0. The van der Waals surface area contributed by atoms with Gasteiger partial charge in [-0.25, -0.2) is 9.37 Å². The van der Waals surface area contributed by atoms with Crippen LogP contribution in [0, 0.1) is 5.82 Å². The lowest BCUT2D eigenvalue weighted by molar-refractivity contribution is 0.0746. The molecular weight excluding hydrogens is 307 g/mol. The van der Waals surface area contributed by atoms with Crippen molar-refractivity contribution in [1.82, 2.24) is 14.5 Å². The molecule has 0 N–H and O–H groups in total. The largest absolute Gasteiger partial charge is 0.339 e. The summed E-state index contributed by atoms with van der Waals surface area (Å²) < 4.78 is 14.9. The molecular formula is C15H18ClFN4O. The number of carbonyl (C=O) groups is 1. The maximum absolute atomic E-state index is 12.9. The third-order valence-electron chi connectivity index (χ3n) is 3.74. The van der Waals surface area contributed by atoms with Gasteiger partial charge in [0.05, 0.1) is 0 Å². The predicted octanol–water partition coefficient (Wildman–Crippen LogP) is 1.94. The second-order valence-corrected chi connectivity index (χ2v) is 5.12. The zero-order valence-electron chi connectivity index (χ0n) is 12.3. The van der Waals surface area contributed by atoms with Gasteiger partial charge in [0, 0.05) is 51.2 Å². The standard InChI is InChI=1S/C15H17FN4O.ClH/c1-18-7-6-17-15(18)20-10-8-19(9-11-20)14(21)12-2-4-13(16)5-3-12;/h2-7H,8-11H2,1H3;1H. The summed E-state index contributed by atoms with van der Waals surface area (Å²) >= 11 is 0. The Hall–Kier alpha value is -2.08. The molecule has 7 heteroatoms. The van der Waals surface area contributed by atoms with E-state index in [0.717, 1.165) is 19.0 Å². The van der Waals surface area contributed by atoms with Crippen LogP contribution in [-0.4, -0.2) is 46.5 Å². The summed E-state index contributed by atoms with van der Waals surface area (Å²) in [6.45, 7) is 2.78. The van der Waals surface area contributed by atoms with E-state index >= 15 is 0 Å². The number of anilines is 1. The summed E-state index contributed by atoms with van der Waals surface area (Å²) in [7, 11) is 1.96. The van der Waals surface area contributed by atoms with Crippen LogP contribution >= 0.6 is 12.4 Å². The SMILES string of the molecule is Cl.Cn1ccnc1N1CCN(C(=O)c2ccc(F)cc2)CC1. The highest BCUT2D eigenvalue weighted by Gasteiger charge is 2.23. The Morgan fingerprint density at radius 2 is 1.77 bits per heavy atom. The number of carbonyl (C=O) groups excluding carboxylic acids is 1. The van der Waals surface area contributed by atoms with Crippen molar-refractivity contribution in [2.45, 2.75) is 0 Å². The number of benzene rings is 1. The molecule has 1 fully saturated rings. The molecule has 1 aliphatic heterocycles. The van der Waals surface area contributed by atoms with Crippen LogP contribution in [0.1, 0.15) is 10.4 Å². The summed E-state index contributed by atoms with van der Waals surface area (Å²) in [5.41, 5.74) is 0.529. The highest BCUT2D eigenvalue weighted by molar-refractivity contribution is 5.94. The van der Waals surface area contributed by atoms with Gasteiger partial charge < -0.3 is 14.4 Å². The molecule has 1 aromatic heterocycles. The fraction of sp³-hybridized carbons (Fsp3) is 0.333. The van der Waals surface area contributed by atoms with E-state index in [9.17, 15) is 9.18 Å². The van der Waals surface area contributed by atoms with Crippen LogP contribution in [0.2, 0.25) is 0 Å². The Labute approximate surface area is 134 Å². The predicted molar refractivity (Wildman–Crippen MR) is 85.0 cm³/mol. The van der Waals surface area contributed by atoms with Crippen LogP contribution in [0.3, 0.4) is 0 Å². The highest BCUT2D eigenvalue weighted by Crippen LogP contribution is 2.15. The first-order chi connectivity index (χ1) is 10.1. The van der Waals surface area contributed by atoms with Crippen molar-refractivity contribution in [3.8, 4) is 0 Å². The molecule has 3 rings (SSSR count). The molecule has 1 amide bonds. The third-order valence-corrected chi connectivity index (χ3v) is 3.74. The number of rotatable bonds is 2. The molecule has 1 saturated heterocycles. The fourth-order valence-corrected chi connectivity index (χ4v) is 2.55. The number of aromatic nitrogens is 2. The summed E-state index contributed by atoms with van der Waals surface area (Å²) in [5, 5.41) is 0. The van der Waals surface area contributed by atoms with Crippen molar-refractivity contribution >= 4 is 24.3 Å². The molecule has 2 aromatic rings. The molecule has 0 aliphatic carbocycles. The van der Waals surface area contributed by atoms with Gasteiger partial charge in [-0.05, 0) is 24.3 Å². The van der Waals surface area contributed by atoms with E-state index in [-0.39, 0.29) is 24.1 Å². The smallest absolute Gasteiger partial charge is 0.253 e. The average molecular weight is 325 g/mol. The number of piperazine rings is 1. The van der Waals surface area contributed by atoms with Crippen molar-refractivity contribution in [3.63, 3.8) is 0 Å². The Balaban J connectivity index is 0.00000176. The van der Waals surface area contributed by atoms with E-state index < -0.39 is 0 Å².